The normalized spacial score (nSPS) is 28.3. The van der Waals surface area contributed by atoms with Crippen LogP contribution in [-0.2, 0) is 4.79 Å². The Morgan fingerprint density at radius 1 is 1.15 bits per heavy atom. The minimum Gasteiger partial charge on any atom is -1.00 e. The fraction of sp³-hybridized carbons (Fsp3) is 0.684. The summed E-state index contributed by atoms with van der Waals surface area (Å²) in [5, 5.41) is 19.4. The SMILES string of the molecule is CC1CCC(C(=O)N(c2cc(Br)sc2C(=O)O)C2CCC(O)CC2)CC1.[H-].[Li+]. The summed E-state index contributed by atoms with van der Waals surface area (Å²) < 4.78 is 0.718. The van der Waals surface area contributed by atoms with Gasteiger partial charge in [-0.05, 0) is 79.3 Å². The number of carboxylic acids is 1. The van der Waals surface area contributed by atoms with Crippen molar-refractivity contribution in [3.05, 3.63) is 14.7 Å². The van der Waals surface area contributed by atoms with Gasteiger partial charge in [0.05, 0.1) is 15.6 Å². The van der Waals surface area contributed by atoms with Crippen molar-refractivity contribution < 1.29 is 40.1 Å². The Morgan fingerprint density at radius 3 is 2.30 bits per heavy atom. The van der Waals surface area contributed by atoms with Gasteiger partial charge < -0.3 is 16.5 Å². The molecule has 1 heterocycles. The summed E-state index contributed by atoms with van der Waals surface area (Å²) >= 11 is 4.54. The molecule has 1 aromatic rings. The number of carbonyl (C=O) groups excluding carboxylic acids is 1. The number of carboxylic acid groups (broad SMARTS) is 1. The van der Waals surface area contributed by atoms with E-state index in [1.807, 2.05) is 0 Å². The second-order valence-electron chi connectivity index (χ2n) is 7.70. The van der Waals surface area contributed by atoms with Crippen LogP contribution in [0.25, 0.3) is 0 Å². The van der Waals surface area contributed by atoms with Crippen LogP contribution in [0.15, 0.2) is 9.85 Å². The number of anilines is 1. The molecular weight excluding hydrogens is 425 g/mol. The number of amides is 1. The summed E-state index contributed by atoms with van der Waals surface area (Å²) in [4.78, 5) is 27.1. The number of carbonyl (C=O) groups is 2. The van der Waals surface area contributed by atoms with Crippen molar-refractivity contribution >= 4 is 44.8 Å². The van der Waals surface area contributed by atoms with E-state index in [0.29, 0.717) is 37.3 Å². The van der Waals surface area contributed by atoms with Crippen molar-refractivity contribution in [1.82, 2.24) is 0 Å². The topological polar surface area (TPSA) is 77.8 Å². The number of rotatable bonds is 4. The average Bonchev–Trinajstić information content (AvgIpc) is 2.99. The minimum atomic E-state index is -0.999. The number of nitrogens with zero attached hydrogens (tertiary/aromatic N) is 1. The van der Waals surface area contributed by atoms with Crippen LogP contribution in [0.2, 0.25) is 0 Å². The quantitative estimate of drug-likeness (QED) is 0.684. The summed E-state index contributed by atoms with van der Waals surface area (Å²) in [7, 11) is 0. The van der Waals surface area contributed by atoms with Crippen LogP contribution < -0.4 is 23.8 Å². The molecule has 0 bridgehead atoms. The van der Waals surface area contributed by atoms with Gasteiger partial charge in [-0.3, -0.25) is 4.79 Å². The predicted molar refractivity (Wildman–Crippen MR) is 107 cm³/mol. The fourth-order valence-corrected chi connectivity index (χ4v) is 5.62. The first-order chi connectivity index (χ1) is 12.4. The standard InChI is InChI=1S/C19H26BrNO4S.Li.H/c1-11-2-4-12(5-3-11)18(23)21(13-6-8-14(22)9-7-13)15-10-16(20)26-17(15)19(24)25;;/h10-14,22H,2-9H2,1H3,(H,24,25);;/q;+1;-1. The molecule has 2 aliphatic carbocycles. The Bertz CT molecular complexity index is 673. The van der Waals surface area contributed by atoms with E-state index in [-0.39, 0.29) is 49.1 Å². The first kappa shape index (κ1) is 23.0. The maximum Gasteiger partial charge on any atom is 1.00 e. The minimum absolute atomic E-state index is 0. The number of hydrogen-bond acceptors (Lipinski definition) is 4. The zero-order valence-corrected chi connectivity index (χ0v) is 18.4. The summed E-state index contributed by atoms with van der Waals surface area (Å²) in [6.45, 7) is 2.22. The van der Waals surface area contributed by atoms with Crippen LogP contribution in [0.1, 0.15) is 69.4 Å². The van der Waals surface area contributed by atoms with E-state index in [1.54, 1.807) is 11.0 Å². The van der Waals surface area contributed by atoms with Gasteiger partial charge in [-0.2, -0.15) is 0 Å². The molecule has 5 nitrogen and oxygen atoms in total. The Labute approximate surface area is 186 Å². The molecule has 2 saturated carbocycles. The van der Waals surface area contributed by atoms with Gasteiger partial charge in [0.25, 0.3) is 0 Å². The van der Waals surface area contributed by atoms with Gasteiger partial charge in [0, 0.05) is 12.0 Å². The number of aliphatic hydroxyl groups excluding tert-OH is 1. The van der Waals surface area contributed by atoms with Crippen LogP contribution in [-0.4, -0.2) is 34.2 Å². The third-order valence-electron chi connectivity index (χ3n) is 5.77. The molecule has 3 rings (SSSR count). The first-order valence-corrected chi connectivity index (χ1v) is 11.0. The maximum atomic E-state index is 13.4. The third-order valence-corrected chi connectivity index (χ3v) is 7.39. The first-order valence-electron chi connectivity index (χ1n) is 9.40. The Morgan fingerprint density at radius 2 is 1.74 bits per heavy atom. The molecule has 0 aliphatic heterocycles. The molecule has 0 unspecified atom stereocenters. The van der Waals surface area contributed by atoms with Gasteiger partial charge >= 0.3 is 24.8 Å². The van der Waals surface area contributed by atoms with E-state index in [0.717, 1.165) is 40.8 Å². The van der Waals surface area contributed by atoms with Gasteiger partial charge in [0.1, 0.15) is 4.88 Å². The molecular formula is C19H27BrLiNO4S. The molecule has 27 heavy (non-hydrogen) atoms. The van der Waals surface area contributed by atoms with E-state index < -0.39 is 5.97 Å². The zero-order valence-electron chi connectivity index (χ0n) is 17.0. The van der Waals surface area contributed by atoms with Gasteiger partial charge in [-0.25, -0.2) is 4.79 Å². The summed E-state index contributed by atoms with van der Waals surface area (Å²) in [6, 6.07) is 1.73. The molecule has 1 aromatic heterocycles. The van der Waals surface area contributed by atoms with E-state index in [2.05, 4.69) is 22.9 Å². The molecule has 2 fully saturated rings. The fourth-order valence-electron chi connectivity index (χ4n) is 4.20. The number of halogens is 1. The van der Waals surface area contributed by atoms with Crippen molar-refractivity contribution in [2.45, 2.75) is 70.4 Å². The molecule has 8 heteroatoms. The molecule has 0 spiro atoms. The van der Waals surface area contributed by atoms with Gasteiger partial charge in [0.15, 0.2) is 0 Å². The molecule has 146 valence electrons. The van der Waals surface area contributed by atoms with Crippen LogP contribution in [0, 0.1) is 11.8 Å². The van der Waals surface area contributed by atoms with Crippen LogP contribution in [0.5, 0.6) is 0 Å². The number of aromatic carboxylic acids is 1. The number of thiophene rings is 1. The van der Waals surface area contributed by atoms with Gasteiger partial charge in [-0.1, -0.05) is 6.92 Å². The Hall–Kier alpha value is -0.323. The zero-order chi connectivity index (χ0) is 18.8. The number of aliphatic hydroxyl groups is 1. The van der Waals surface area contributed by atoms with Gasteiger partial charge in [-0.15, -0.1) is 11.3 Å². The van der Waals surface area contributed by atoms with Crippen molar-refractivity contribution in [1.29, 1.82) is 0 Å². The molecule has 0 atom stereocenters. The van der Waals surface area contributed by atoms with Crippen molar-refractivity contribution in [2.24, 2.45) is 11.8 Å². The largest absolute Gasteiger partial charge is 1.00 e. The molecule has 0 aromatic carbocycles. The van der Waals surface area contributed by atoms with Gasteiger partial charge in [0.2, 0.25) is 5.91 Å². The second kappa shape index (κ2) is 9.93. The van der Waals surface area contributed by atoms with Crippen molar-refractivity contribution in [2.75, 3.05) is 4.90 Å². The molecule has 2 aliphatic rings. The summed E-state index contributed by atoms with van der Waals surface area (Å²) in [5.41, 5.74) is 0.513. The third kappa shape index (κ3) is 5.39. The van der Waals surface area contributed by atoms with E-state index >= 15 is 0 Å². The summed E-state index contributed by atoms with van der Waals surface area (Å²) in [6.07, 6.45) is 6.27. The van der Waals surface area contributed by atoms with Crippen LogP contribution in [0.4, 0.5) is 5.69 Å². The average molecular weight is 452 g/mol. The predicted octanol–water partition coefficient (Wildman–Crippen LogP) is 1.79. The molecule has 0 radical (unpaired) electrons. The smallest absolute Gasteiger partial charge is 1.00 e. The van der Waals surface area contributed by atoms with E-state index in [1.165, 1.54) is 0 Å². The second-order valence-corrected chi connectivity index (χ2v) is 10.1. The van der Waals surface area contributed by atoms with Crippen LogP contribution in [0.3, 0.4) is 0 Å². The Kier molecular flexibility index (Phi) is 8.45. The van der Waals surface area contributed by atoms with Crippen molar-refractivity contribution in [3.8, 4) is 0 Å². The maximum absolute atomic E-state index is 13.4. The number of hydrogen-bond donors (Lipinski definition) is 2. The monoisotopic (exact) mass is 451 g/mol. The summed E-state index contributed by atoms with van der Waals surface area (Å²) in [5.74, 6) is -0.312. The molecule has 0 saturated heterocycles. The molecule has 1 amide bonds. The van der Waals surface area contributed by atoms with E-state index in [4.69, 9.17) is 0 Å². The van der Waals surface area contributed by atoms with Crippen LogP contribution >= 0.6 is 27.3 Å². The van der Waals surface area contributed by atoms with E-state index in [9.17, 15) is 19.8 Å². The Balaban J connectivity index is 0.00000196. The van der Waals surface area contributed by atoms with Crippen molar-refractivity contribution in [3.63, 3.8) is 0 Å². The molecule has 2 N–H and O–H groups in total.